The van der Waals surface area contributed by atoms with E-state index in [0.717, 1.165) is 0 Å². The van der Waals surface area contributed by atoms with Crippen molar-refractivity contribution in [3.63, 3.8) is 0 Å². The Morgan fingerprint density at radius 1 is 1.77 bits per heavy atom. The van der Waals surface area contributed by atoms with Gasteiger partial charge in [-0.25, -0.2) is 0 Å². The molecule has 1 rings (SSSR count). The maximum absolute atomic E-state index is 12.5. The number of nitrogens with one attached hydrogen (secondary N) is 1. The van der Waals surface area contributed by atoms with Crippen LogP contribution in [0.15, 0.2) is 0 Å². The average molecular weight is 189 g/mol. The van der Waals surface area contributed by atoms with E-state index in [-0.39, 0.29) is 11.9 Å². The quantitative estimate of drug-likeness (QED) is 0.670. The fourth-order valence-electron chi connectivity index (χ4n) is 1.69. The van der Waals surface area contributed by atoms with Gasteiger partial charge in [-0.1, -0.05) is 0 Å². The van der Waals surface area contributed by atoms with Crippen molar-refractivity contribution in [2.45, 2.75) is 25.8 Å². The van der Waals surface area contributed by atoms with Crippen molar-refractivity contribution in [1.29, 1.82) is 0 Å². The molecule has 0 unspecified atom stereocenters. The molecule has 13 heavy (non-hydrogen) atoms. The summed E-state index contributed by atoms with van der Waals surface area (Å²) in [6.45, 7) is 4.02. The van der Waals surface area contributed by atoms with E-state index in [4.69, 9.17) is 4.74 Å². The number of esters is 1. The second-order valence-electron chi connectivity index (χ2n) is 3.49. The van der Waals surface area contributed by atoms with Crippen molar-refractivity contribution in [2.75, 3.05) is 19.8 Å². The zero-order chi connectivity index (χ0) is 9.90. The van der Waals surface area contributed by atoms with E-state index >= 15 is 0 Å². The van der Waals surface area contributed by atoms with Crippen LogP contribution >= 0.6 is 0 Å². The standard InChI is InChI=1S/C9H16FNO2/c1-3-13-8(12)9(2)7(6-10)4-5-11-9/h7,11H,3-6H2,1-2H3/t7-,9-/m1/s1. The van der Waals surface area contributed by atoms with Crippen LogP contribution in [0, 0.1) is 5.92 Å². The van der Waals surface area contributed by atoms with Gasteiger partial charge in [-0.3, -0.25) is 9.18 Å². The van der Waals surface area contributed by atoms with E-state index in [1.165, 1.54) is 0 Å². The Hall–Kier alpha value is -0.640. The number of carbonyl (C=O) groups is 1. The van der Waals surface area contributed by atoms with E-state index in [2.05, 4.69) is 5.32 Å². The summed E-state index contributed by atoms with van der Waals surface area (Å²) in [7, 11) is 0. The molecule has 2 atom stereocenters. The second-order valence-corrected chi connectivity index (χ2v) is 3.49. The van der Waals surface area contributed by atoms with E-state index < -0.39 is 12.2 Å². The summed E-state index contributed by atoms with van der Waals surface area (Å²) in [4.78, 5) is 11.5. The van der Waals surface area contributed by atoms with Gasteiger partial charge in [0.25, 0.3) is 0 Å². The summed E-state index contributed by atoms with van der Waals surface area (Å²) in [5, 5.41) is 3.00. The monoisotopic (exact) mass is 189 g/mol. The van der Waals surface area contributed by atoms with Crippen LogP contribution in [-0.4, -0.2) is 31.3 Å². The molecule has 0 aromatic rings. The normalized spacial score (nSPS) is 33.3. The summed E-state index contributed by atoms with van der Waals surface area (Å²) in [6, 6.07) is 0. The minimum absolute atomic E-state index is 0.244. The van der Waals surface area contributed by atoms with E-state index in [1.54, 1.807) is 13.8 Å². The lowest BCUT2D eigenvalue weighted by molar-refractivity contribution is -0.151. The fraction of sp³-hybridized carbons (Fsp3) is 0.889. The molecule has 0 aromatic heterocycles. The molecule has 0 spiro atoms. The SMILES string of the molecule is CCOC(=O)[C@]1(C)NCC[C@@H]1CF. The van der Waals surface area contributed by atoms with Crippen LogP contribution in [-0.2, 0) is 9.53 Å². The molecule has 3 nitrogen and oxygen atoms in total. The molecule has 1 saturated heterocycles. The van der Waals surface area contributed by atoms with Crippen LogP contribution in [0.1, 0.15) is 20.3 Å². The largest absolute Gasteiger partial charge is 0.465 e. The molecule has 1 fully saturated rings. The second kappa shape index (κ2) is 4.05. The van der Waals surface area contributed by atoms with E-state index in [1.807, 2.05) is 0 Å². The highest BCUT2D eigenvalue weighted by atomic mass is 19.1. The van der Waals surface area contributed by atoms with Gasteiger partial charge in [0.05, 0.1) is 13.3 Å². The number of hydrogen-bond donors (Lipinski definition) is 1. The third-order valence-electron chi connectivity index (χ3n) is 2.69. The first-order valence-corrected chi connectivity index (χ1v) is 4.63. The zero-order valence-electron chi connectivity index (χ0n) is 8.10. The van der Waals surface area contributed by atoms with Gasteiger partial charge in [0.1, 0.15) is 5.54 Å². The van der Waals surface area contributed by atoms with Crippen LogP contribution in [0.2, 0.25) is 0 Å². The highest BCUT2D eigenvalue weighted by Crippen LogP contribution is 2.28. The summed E-state index contributed by atoms with van der Waals surface area (Å²) < 4.78 is 17.4. The number of hydrogen-bond acceptors (Lipinski definition) is 3. The van der Waals surface area contributed by atoms with Crippen molar-refractivity contribution >= 4 is 5.97 Å². The van der Waals surface area contributed by atoms with Crippen molar-refractivity contribution in [3.05, 3.63) is 0 Å². The Morgan fingerprint density at radius 2 is 2.46 bits per heavy atom. The Labute approximate surface area is 77.6 Å². The molecule has 1 aliphatic rings. The smallest absolute Gasteiger partial charge is 0.326 e. The van der Waals surface area contributed by atoms with Crippen molar-refractivity contribution in [3.8, 4) is 0 Å². The predicted octanol–water partition coefficient (Wildman–Crippen LogP) is 0.887. The lowest BCUT2D eigenvalue weighted by Gasteiger charge is -2.27. The number of halogens is 1. The molecular weight excluding hydrogens is 173 g/mol. The van der Waals surface area contributed by atoms with Gasteiger partial charge in [-0.15, -0.1) is 0 Å². The molecule has 1 N–H and O–H groups in total. The van der Waals surface area contributed by atoms with Crippen molar-refractivity contribution in [2.24, 2.45) is 5.92 Å². The molecule has 0 amide bonds. The summed E-state index contributed by atoms with van der Waals surface area (Å²) in [5.74, 6) is -0.582. The number of carbonyl (C=O) groups excluding carboxylic acids is 1. The number of rotatable bonds is 3. The van der Waals surface area contributed by atoms with E-state index in [9.17, 15) is 9.18 Å². The average Bonchev–Trinajstić information content (AvgIpc) is 2.48. The third kappa shape index (κ3) is 1.82. The molecule has 4 heteroatoms. The fourth-order valence-corrected chi connectivity index (χ4v) is 1.69. The topological polar surface area (TPSA) is 38.3 Å². The van der Waals surface area contributed by atoms with Gasteiger partial charge in [-0.05, 0) is 26.8 Å². The highest BCUT2D eigenvalue weighted by molar-refractivity contribution is 5.81. The minimum Gasteiger partial charge on any atom is -0.465 e. The van der Waals surface area contributed by atoms with Crippen molar-refractivity contribution in [1.82, 2.24) is 5.32 Å². The molecule has 76 valence electrons. The molecule has 1 heterocycles. The Bertz CT molecular complexity index is 198. The molecular formula is C9H16FNO2. The molecule has 1 aliphatic heterocycles. The molecule has 0 bridgehead atoms. The lowest BCUT2D eigenvalue weighted by atomic mass is 9.88. The predicted molar refractivity (Wildman–Crippen MR) is 47.1 cm³/mol. The zero-order valence-corrected chi connectivity index (χ0v) is 8.10. The Morgan fingerprint density at radius 3 is 3.00 bits per heavy atom. The maximum atomic E-state index is 12.5. The third-order valence-corrected chi connectivity index (χ3v) is 2.69. The minimum atomic E-state index is -0.815. The first-order valence-electron chi connectivity index (χ1n) is 4.63. The van der Waals surface area contributed by atoms with E-state index in [0.29, 0.717) is 19.6 Å². The molecule has 0 aromatic carbocycles. The van der Waals surface area contributed by atoms with Crippen LogP contribution in [0.4, 0.5) is 4.39 Å². The van der Waals surface area contributed by atoms with Gasteiger partial charge in [0.15, 0.2) is 0 Å². The van der Waals surface area contributed by atoms with Crippen LogP contribution < -0.4 is 5.32 Å². The Balaban J connectivity index is 2.67. The molecule has 0 saturated carbocycles. The number of alkyl halides is 1. The lowest BCUT2D eigenvalue weighted by Crippen LogP contribution is -2.51. The summed E-state index contributed by atoms with van der Waals surface area (Å²) >= 11 is 0. The van der Waals surface area contributed by atoms with Gasteiger partial charge >= 0.3 is 5.97 Å². The van der Waals surface area contributed by atoms with Crippen LogP contribution in [0.3, 0.4) is 0 Å². The van der Waals surface area contributed by atoms with Crippen LogP contribution in [0.25, 0.3) is 0 Å². The molecule has 0 radical (unpaired) electrons. The summed E-state index contributed by atoms with van der Waals surface area (Å²) in [5.41, 5.74) is -0.815. The summed E-state index contributed by atoms with van der Waals surface area (Å²) in [6.07, 6.45) is 0.700. The molecule has 0 aliphatic carbocycles. The van der Waals surface area contributed by atoms with Gasteiger partial charge in [0.2, 0.25) is 0 Å². The highest BCUT2D eigenvalue weighted by Gasteiger charge is 2.45. The van der Waals surface area contributed by atoms with Gasteiger partial charge < -0.3 is 10.1 Å². The number of ether oxygens (including phenoxy) is 1. The Kier molecular flexibility index (Phi) is 3.25. The maximum Gasteiger partial charge on any atom is 0.326 e. The van der Waals surface area contributed by atoms with Crippen LogP contribution in [0.5, 0.6) is 0 Å². The first-order chi connectivity index (χ1) is 6.15. The first kappa shape index (κ1) is 10.4. The van der Waals surface area contributed by atoms with Crippen molar-refractivity contribution < 1.29 is 13.9 Å². The van der Waals surface area contributed by atoms with Gasteiger partial charge in [-0.2, -0.15) is 0 Å². The van der Waals surface area contributed by atoms with Gasteiger partial charge in [0, 0.05) is 5.92 Å².